The minimum Gasteiger partial charge on any atom is -0.510 e. The summed E-state index contributed by atoms with van der Waals surface area (Å²) >= 11 is 5.55. The van der Waals surface area contributed by atoms with E-state index in [0.717, 1.165) is 0 Å². The van der Waals surface area contributed by atoms with Gasteiger partial charge in [-0.1, -0.05) is 18.5 Å². The Kier molecular flexibility index (Phi) is 2.55. The second-order valence-corrected chi connectivity index (χ2v) is 3.04. The normalized spacial score (nSPS) is 25.4. The zero-order chi connectivity index (χ0) is 8.43. The Morgan fingerprint density at radius 2 is 2.45 bits per heavy atom. The van der Waals surface area contributed by atoms with Crippen molar-refractivity contribution in [1.29, 1.82) is 0 Å². The van der Waals surface area contributed by atoms with Crippen LogP contribution in [0.25, 0.3) is 0 Å². The summed E-state index contributed by atoms with van der Waals surface area (Å²) in [5, 5.41) is 9.43. The maximum absolute atomic E-state index is 12.7. The zero-order valence-electron chi connectivity index (χ0n) is 6.27. The number of hydrogen-bond donors (Lipinski definition) is 1. The van der Waals surface area contributed by atoms with Gasteiger partial charge >= 0.3 is 0 Å². The smallest absolute Gasteiger partial charge is 0.114 e. The van der Waals surface area contributed by atoms with E-state index < -0.39 is 0 Å². The lowest BCUT2D eigenvalue weighted by Crippen LogP contribution is -2.08. The quantitative estimate of drug-likeness (QED) is 0.650. The van der Waals surface area contributed by atoms with Crippen molar-refractivity contribution in [1.82, 2.24) is 0 Å². The van der Waals surface area contributed by atoms with E-state index in [1.165, 1.54) is 6.08 Å². The van der Waals surface area contributed by atoms with Crippen LogP contribution in [0.5, 0.6) is 0 Å². The highest BCUT2D eigenvalue weighted by Gasteiger charge is 2.21. The second-order valence-electron chi connectivity index (χ2n) is 2.63. The Balaban J connectivity index is 2.87. The molecule has 0 bridgehead atoms. The molecule has 0 saturated heterocycles. The first-order valence-electron chi connectivity index (χ1n) is 3.59. The van der Waals surface area contributed by atoms with Crippen LogP contribution in [0.1, 0.15) is 19.8 Å². The predicted molar refractivity (Wildman–Crippen MR) is 43.1 cm³/mol. The molecule has 1 aliphatic carbocycles. The molecule has 0 aromatic carbocycles. The van der Waals surface area contributed by atoms with E-state index in [1.807, 2.05) is 6.92 Å². The Morgan fingerprint density at radius 1 is 1.82 bits per heavy atom. The summed E-state index contributed by atoms with van der Waals surface area (Å²) in [6, 6.07) is 0. The standard InChI is InChI=1S/C8H10ClFO/c1-2-5-3-6(10)4-7(9)8(5)11/h4-5,11H,2-3H2,1H3. The number of hydrogen-bond acceptors (Lipinski definition) is 1. The fourth-order valence-corrected chi connectivity index (χ4v) is 1.41. The van der Waals surface area contributed by atoms with Gasteiger partial charge in [-0.05, 0) is 12.5 Å². The molecule has 1 unspecified atom stereocenters. The average Bonchev–Trinajstić information content (AvgIpc) is 1.96. The van der Waals surface area contributed by atoms with Gasteiger partial charge in [0, 0.05) is 12.3 Å². The van der Waals surface area contributed by atoms with E-state index >= 15 is 0 Å². The van der Waals surface area contributed by atoms with Crippen molar-refractivity contribution in [3.63, 3.8) is 0 Å². The summed E-state index contributed by atoms with van der Waals surface area (Å²) < 4.78 is 12.7. The Bertz CT molecular complexity index is 220. The first kappa shape index (κ1) is 8.60. The third-order valence-corrected chi connectivity index (χ3v) is 2.15. The number of allylic oxidation sites excluding steroid dienone is 4. The molecule has 11 heavy (non-hydrogen) atoms. The lowest BCUT2D eigenvalue weighted by atomic mass is 9.95. The van der Waals surface area contributed by atoms with Crippen LogP contribution in [-0.4, -0.2) is 5.11 Å². The highest BCUT2D eigenvalue weighted by atomic mass is 35.5. The van der Waals surface area contributed by atoms with Gasteiger partial charge in [0.15, 0.2) is 0 Å². The molecule has 3 heteroatoms. The molecule has 62 valence electrons. The molecule has 0 fully saturated rings. The van der Waals surface area contributed by atoms with E-state index in [0.29, 0.717) is 6.42 Å². The molecule has 0 amide bonds. The lowest BCUT2D eigenvalue weighted by Gasteiger charge is -2.17. The Labute approximate surface area is 70.2 Å². The monoisotopic (exact) mass is 176 g/mol. The minimum absolute atomic E-state index is 0.121. The van der Waals surface area contributed by atoms with E-state index in [1.54, 1.807) is 0 Å². The van der Waals surface area contributed by atoms with Gasteiger partial charge in [0.2, 0.25) is 0 Å². The van der Waals surface area contributed by atoms with Crippen molar-refractivity contribution in [3.05, 3.63) is 22.7 Å². The number of halogens is 2. The van der Waals surface area contributed by atoms with Crippen molar-refractivity contribution in [2.45, 2.75) is 19.8 Å². The summed E-state index contributed by atoms with van der Waals surface area (Å²) in [4.78, 5) is 0. The summed E-state index contributed by atoms with van der Waals surface area (Å²) in [5.74, 6) is -0.261. The van der Waals surface area contributed by atoms with Crippen LogP contribution >= 0.6 is 11.6 Å². The Morgan fingerprint density at radius 3 is 3.00 bits per heavy atom. The summed E-state index contributed by atoms with van der Waals surface area (Å²) in [6.07, 6.45) is 2.16. The van der Waals surface area contributed by atoms with Crippen molar-refractivity contribution in [2.75, 3.05) is 0 Å². The summed E-state index contributed by atoms with van der Waals surface area (Å²) in [6.45, 7) is 1.89. The zero-order valence-corrected chi connectivity index (χ0v) is 7.03. The fourth-order valence-electron chi connectivity index (χ4n) is 1.14. The largest absolute Gasteiger partial charge is 0.510 e. The minimum atomic E-state index is -0.250. The average molecular weight is 177 g/mol. The topological polar surface area (TPSA) is 20.2 Å². The van der Waals surface area contributed by atoms with Crippen LogP contribution in [-0.2, 0) is 0 Å². The maximum atomic E-state index is 12.7. The predicted octanol–water partition coefficient (Wildman–Crippen LogP) is 3.28. The number of aliphatic hydroxyl groups excluding tert-OH is 1. The fraction of sp³-hybridized carbons (Fsp3) is 0.500. The highest BCUT2D eigenvalue weighted by molar-refractivity contribution is 6.31. The van der Waals surface area contributed by atoms with E-state index in [-0.39, 0.29) is 29.0 Å². The van der Waals surface area contributed by atoms with Crippen LogP contribution in [0.3, 0.4) is 0 Å². The number of aliphatic hydroxyl groups is 1. The van der Waals surface area contributed by atoms with Gasteiger partial charge in [0.1, 0.15) is 11.6 Å². The van der Waals surface area contributed by atoms with Crippen LogP contribution in [0.4, 0.5) is 4.39 Å². The molecule has 0 aromatic heterocycles. The molecule has 1 N–H and O–H groups in total. The molecule has 1 aliphatic rings. The summed E-state index contributed by atoms with van der Waals surface area (Å²) in [7, 11) is 0. The molecule has 0 radical (unpaired) electrons. The molecular weight excluding hydrogens is 167 g/mol. The van der Waals surface area contributed by atoms with Crippen LogP contribution in [0.15, 0.2) is 22.7 Å². The van der Waals surface area contributed by atoms with Gasteiger partial charge in [0.05, 0.1) is 5.03 Å². The van der Waals surface area contributed by atoms with Crippen molar-refractivity contribution in [3.8, 4) is 0 Å². The van der Waals surface area contributed by atoms with E-state index in [9.17, 15) is 9.50 Å². The first-order valence-corrected chi connectivity index (χ1v) is 3.97. The highest BCUT2D eigenvalue weighted by Crippen LogP contribution is 2.32. The third kappa shape index (κ3) is 1.74. The van der Waals surface area contributed by atoms with E-state index in [4.69, 9.17) is 11.6 Å². The lowest BCUT2D eigenvalue weighted by molar-refractivity contribution is 0.305. The molecule has 0 heterocycles. The third-order valence-electron chi connectivity index (χ3n) is 1.85. The molecule has 0 spiro atoms. The van der Waals surface area contributed by atoms with Gasteiger partial charge in [0.25, 0.3) is 0 Å². The molecule has 1 rings (SSSR count). The number of rotatable bonds is 1. The van der Waals surface area contributed by atoms with Crippen LogP contribution in [0, 0.1) is 5.92 Å². The van der Waals surface area contributed by atoms with Crippen LogP contribution < -0.4 is 0 Å². The van der Waals surface area contributed by atoms with Gasteiger partial charge in [-0.3, -0.25) is 0 Å². The molecule has 0 saturated carbocycles. The van der Waals surface area contributed by atoms with Gasteiger partial charge < -0.3 is 5.11 Å². The molecule has 1 atom stereocenters. The Hall–Kier alpha value is -0.500. The summed E-state index contributed by atoms with van der Waals surface area (Å²) in [5.41, 5.74) is 0. The maximum Gasteiger partial charge on any atom is 0.114 e. The molecule has 0 aliphatic heterocycles. The first-order chi connectivity index (χ1) is 5.15. The van der Waals surface area contributed by atoms with Gasteiger partial charge in [-0.15, -0.1) is 0 Å². The molecule has 0 aromatic rings. The van der Waals surface area contributed by atoms with Crippen molar-refractivity contribution >= 4 is 11.6 Å². The van der Waals surface area contributed by atoms with Gasteiger partial charge in [-0.25, -0.2) is 4.39 Å². The van der Waals surface area contributed by atoms with Crippen molar-refractivity contribution in [2.24, 2.45) is 5.92 Å². The van der Waals surface area contributed by atoms with Crippen molar-refractivity contribution < 1.29 is 9.50 Å². The second kappa shape index (κ2) is 3.26. The molecular formula is C8H10ClFO. The SMILES string of the molecule is CCC1CC(F)=CC(Cl)=C1O. The van der Waals surface area contributed by atoms with Crippen LogP contribution in [0.2, 0.25) is 0 Å². The van der Waals surface area contributed by atoms with E-state index in [2.05, 4.69) is 0 Å². The van der Waals surface area contributed by atoms with Gasteiger partial charge in [-0.2, -0.15) is 0 Å². The molecule has 1 nitrogen and oxygen atoms in total.